The van der Waals surface area contributed by atoms with E-state index in [4.69, 9.17) is 0 Å². The van der Waals surface area contributed by atoms with Crippen LogP contribution < -0.4 is 5.32 Å². The molecule has 0 aliphatic heterocycles. The number of halogens is 1. The summed E-state index contributed by atoms with van der Waals surface area (Å²) in [6, 6.07) is 4.64. The molecule has 0 unspecified atom stereocenters. The van der Waals surface area contributed by atoms with Crippen molar-refractivity contribution in [2.24, 2.45) is 0 Å². The van der Waals surface area contributed by atoms with Crippen LogP contribution in [0.3, 0.4) is 0 Å². The number of nitrogens with one attached hydrogen (secondary N) is 1. The zero-order valence-corrected chi connectivity index (χ0v) is 12.5. The molecule has 0 bridgehead atoms. The molecule has 1 nitrogen and oxygen atoms in total. The molecule has 1 aromatic rings. The largest absolute Gasteiger partial charge is 0.303 e. The SMILES string of the molecule is Cc1cc(C(C)(C)C)cc(C)c1CNCBr. The maximum atomic E-state index is 3.39. The maximum Gasteiger partial charge on any atom is 0.0519 e. The fraction of sp³-hybridized carbons (Fsp3) is 0.571. The van der Waals surface area contributed by atoms with Crippen LogP contribution in [0.25, 0.3) is 0 Å². The molecule has 1 N–H and O–H groups in total. The summed E-state index contributed by atoms with van der Waals surface area (Å²) >= 11 is 3.39. The lowest BCUT2D eigenvalue weighted by molar-refractivity contribution is 0.588. The highest BCUT2D eigenvalue weighted by Gasteiger charge is 2.15. The molecule has 0 saturated carbocycles. The van der Waals surface area contributed by atoms with Crippen molar-refractivity contribution in [2.75, 3.05) is 5.45 Å². The third kappa shape index (κ3) is 3.33. The van der Waals surface area contributed by atoms with E-state index < -0.39 is 0 Å². The van der Waals surface area contributed by atoms with Gasteiger partial charge < -0.3 is 5.32 Å². The number of hydrogen-bond donors (Lipinski definition) is 1. The van der Waals surface area contributed by atoms with Crippen molar-refractivity contribution in [2.45, 2.75) is 46.6 Å². The molecule has 0 amide bonds. The molecule has 0 aromatic heterocycles. The molecule has 0 aliphatic carbocycles. The third-order valence-electron chi connectivity index (χ3n) is 2.96. The van der Waals surface area contributed by atoms with Gasteiger partial charge >= 0.3 is 0 Å². The van der Waals surface area contributed by atoms with Crippen LogP contribution in [0.15, 0.2) is 12.1 Å². The molecule has 16 heavy (non-hydrogen) atoms. The lowest BCUT2D eigenvalue weighted by Crippen LogP contribution is -2.15. The second-order valence-corrected chi connectivity index (χ2v) is 5.96. The Balaban J connectivity index is 3.08. The van der Waals surface area contributed by atoms with E-state index in [0.29, 0.717) is 0 Å². The molecule has 0 saturated heterocycles. The first-order chi connectivity index (χ1) is 7.36. The Hall–Kier alpha value is -0.340. The van der Waals surface area contributed by atoms with Gasteiger partial charge in [-0.15, -0.1) is 0 Å². The summed E-state index contributed by atoms with van der Waals surface area (Å²) in [5, 5.41) is 3.32. The number of rotatable bonds is 3. The first-order valence-corrected chi connectivity index (χ1v) is 6.85. The number of benzene rings is 1. The van der Waals surface area contributed by atoms with Crippen LogP contribution in [-0.2, 0) is 12.0 Å². The van der Waals surface area contributed by atoms with Gasteiger partial charge in [-0.1, -0.05) is 48.8 Å². The zero-order chi connectivity index (χ0) is 12.3. The van der Waals surface area contributed by atoms with Crippen molar-refractivity contribution >= 4 is 15.9 Å². The van der Waals surface area contributed by atoms with Gasteiger partial charge in [0, 0.05) is 6.54 Å². The topological polar surface area (TPSA) is 12.0 Å². The van der Waals surface area contributed by atoms with Gasteiger partial charge in [0.15, 0.2) is 0 Å². The normalized spacial score (nSPS) is 11.9. The van der Waals surface area contributed by atoms with Gasteiger partial charge in [-0.3, -0.25) is 0 Å². The summed E-state index contributed by atoms with van der Waals surface area (Å²) in [4.78, 5) is 0. The standard InChI is InChI=1S/C14H22BrN/c1-10-6-12(14(3,4)5)7-11(2)13(10)8-16-9-15/h6-7,16H,8-9H2,1-5H3. The van der Waals surface area contributed by atoms with E-state index in [9.17, 15) is 0 Å². The summed E-state index contributed by atoms with van der Waals surface area (Å²) in [5.41, 5.74) is 6.69. The minimum Gasteiger partial charge on any atom is -0.303 e. The molecule has 0 spiro atoms. The number of alkyl halides is 1. The Morgan fingerprint density at radius 3 is 2.00 bits per heavy atom. The smallest absolute Gasteiger partial charge is 0.0519 e. The second kappa shape index (κ2) is 5.33. The predicted octanol–water partition coefficient (Wildman–Crippen LogP) is 4.04. The van der Waals surface area contributed by atoms with Gasteiger partial charge in [-0.2, -0.15) is 0 Å². The molecular formula is C14H22BrN. The summed E-state index contributed by atoms with van der Waals surface area (Å²) in [7, 11) is 0. The number of hydrogen-bond acceptors (Lipinski definition) is 1. The van der Waals surface area contributed by atoms with Crippen molar-refractivity contribution in [1.29, 1.82) is 0 Å². The minimum absolute atomic E-state index is 0.233. The molecule has 0 aliphatic rings. The zero-order valence-electron chi connectivity index (χ0n) is 10.9. The molecular weight excluding hydrogens is 262 g/mol. The fourth-order valence-corrected chi connectivity index (χ4v) is 2.08. The second-order valence-electron chi connectivity index (χ2n) is 5.40. The summed E-state index contributed by atoms with van der Waals surface area (Å²) < 4.78 is 0. The Morgan fingerprint density at radius 2 is 1.62 bits per heavy atom. The first kappa shape index (κ1) is 13.7. The quantitative estimate of drug-likeness (QED) is 0.652. The Labute approximate surface area is 108 Å². The van der Waals surface area contributed by atoms with Gasteiger partial charge in [0.05, 0.1) is 5.45 Å². The van der Waals surface area contributed by atoms with Gasteiger partial charge in [-0.05, 0) is 41.5 Å². The van der Waals surface area contributed by atoms with Crippen LogP contribution in [0.4, 0.5) is 0 Å². The van der Waals surface area contributed by atoms with E-state index in [-0.39, 0.29) is 5.41 Å². The third-order valence-corrected chi connectivity index (χ3v) is 3.35. The Bertz CT molecular complexity index is 340. The van der Waals surface area contributed by atoms with E-state index in [1.807, 2.05) is 0 Å². The van der Waals surface area contributed by atoms with E-state index in [0.717, 1.165) is 12.0 Å². The minimum atomic E-state index is 0.233. The molecule has 0 fully saturated rings. The molecule has 0 radical (unpaired) electrons. The summed E-state index contributed by atoms with van der Waals surface area (Å²) in [6.45, 7) is 12.1. The van der Waals surface area contributed by atoms with Gasteiger partial charge in [0.1, 0.15) is 0 Å². The summed E-state index contributed by atoms with van der Waals surface area (Å²) in [5.74, 6) is 0. The van der Waals surface area contributed by atoms with Crippen LogP contribution in [-0.4, -0.2) is 5.45 Å². The van der Waals surface area contributed by atoms with Crippen LogP contribution in [0, 0.1) is 13.8 Å². The van der Waals surface area contributed by atoms with Crippen molar-refractivity contribution in [1.82, 2.24) is 5.32 Å². The van der Waals surface area contributed by atoms with Gasteiger partial charge in [-0.25, -0.2) is 0 Å². The monoisotopic (exact) mass is 283 g/mol. The van der Waals surface area contributed by atoms with Crippen molar-refractivity contribution < 1.29 is 0 Å². The van der Waals surface area contributed by atoms with E-state index in [2.05, 4.69) is 68.0 Å². The maximum absolute atomic E-state index is 3.39. The summed E-state index contributed by atoms with van der Waals surface area (Å²) in [6.07, 6.45) is 0. The molecule has 0 atom stereocenters. The molecule has 0 heterocycles. The Kier molecular flexibility index (Phi) is 4.57. The fourth-order valence-electron chi connectivity index (χ4n) is 1.88. The van der Waals surface area contributed by atoms with Crippen LogP contribution in [0.5, 0.6) is 0 Å². The average Bonchev–Trinajstić information content (AvgIpc) is 2.15. The highest BCUT2D eigenvalue weighted by Crippen LogP contribution is 2.26. The molecule has 90 valence electrons. The van der Waals surface area contributed by atoms with E-state index >= 15 is 0 Å². The highest BCUT2D eigenvalue weighted by atomic mass is 79.9. The van der Waals surface area contributed by atoms with Gasteiger partial charge in [0.2, 0.25) is 0 Å². The van der Waals surface area contributed by atoms with Gasteiger partial charge in [0.25, 0.3) is 0 Å². The van der Waals surface area contributed by atoms with Crippen molar-refractivity contribution in [3.8, 4) is 0 Å². The van der Waals surface area contributed by atoms with Crippen LogP contribution in [0.1, 0.15) is 43.0 Å². The molecule has 1 rings (SSSR count). The van der Waals surface area contributed by atoms with E-state index in [1.54, 1.807) is 0 Å². The Morgan fingerprint density at radius 1 is 1.12 bits per heavy atom. The molecule has 1 aromatic carbocycles. The average molecular weight is 284 g/mol. The van der Waals surface area contributed by atoms with E-state index in [1.165, 1.54) is 22.3 Å². The van der Waals surface area contributed by atoms with Crippen molar-refractivity contribution in [3.63, 3.8) is 0 Å². The van der Waals surface area contributed by atoms with Crippen LogP contribution >= 0.6 is 15.9 Å². The lowest BCUT2D eigenvalue weighted by Gasteiger charge is -2.22. The highest BCUT2D eigenvalue weighted by molar-refractivity contribution is 9.09. The van der Waals surface area contributed by atoms with Crippen LogP contribution in [0.2, 0.25) is 0 Å². The lowest BCUT2D eigenvalue weighted by atomic mass is 9.84. The number of aryl methyl sites for hydroxylation is 2. The predicted molar refractivity (Wildman–Crippen MR) is 75.2 cm³/mol. The first-order valence-electron chi connectivity index (χ1n) is 5.73. The van der Waals surface area contributed by atoms with Crippen molar-refractivity contribution in [3.05, 3.63) is 34.4 Å². The molecule has 2 heteroatoms.